The van der Waals surface area contributed by atoms with Crippen molar-refractivity contribution in [2.24, 2.45) is 0 Å². The zero-order chi connectivity index (χ0) is 17.1. The number of amides is 1. The second kappa shape index (κ2) is 6.72. The molecule has 0 aliphatic carbocycles. The Hall–Kier alpha value is -2.86. The van der Waals surface area contributed by atoms with E-state index in [0.717, 1.165) is 22.2 Å². The van der Waals surface area contributed by atoms with E-state index in [1.807, 2.05) is 31.2 Å². The highest BCUT2D eigenvalue weighted by atomic mass is 16.3. The molecule has 0 saturated carbocycles. The van der Waals surface area contributed by atoms with Crippen LogP contribution >= 0.6 is 0 Å². The van der Waals surface area contributed by atoms with Gasteiger partial charge in [0, 0.05) is 34.9 Å². The Kier molecular flexibility index (Phi) is 4.48. The van der Waals surface area contributed by atoms with Crippen LogP contribution in [0.3, 0.4) is 0 Å². The van der Waals surface area contributed by atoms with Gasteiger partial charge < -0.3 is 20.4 Å². The minimum Gasteiger partial charge on any atom is -0.385 e. The molecule has 0 aliphatic rings. The molecule has 6 heteroatoms. The fourth-order valence-corrected chi connectivity index (χ4v) is 2.77. The van der Waals surface area contributed by atoms with Crippen molar-refractivity contribution >= 4 is 16.8 Å². The number of rotatable bonds is 5. The average molecular weight is 325 g/mol. The number of para-hydroxylation sites is 1. The van der Waals surface area contributed by atoms with Crippen molar-refractivity contribution in [2.75, 3.05) is 6.54 Å². The molecule has 6 nitrogen and oxygen atoms in total. The van der Waals surface area contributed by atoms with Crippen LogP contribution in [0.5, 0.6) is 0 Å². The predicted octanol–water partition coefficient (Wildman–Crippen LogP) is 1.56. The molecule has 0 aliphatic heterocycles. The highest BCUT2D eigenvalue weighted by Gasteiger charge is 2.14. The molecular weight excluding hydrogens is 306 g/mol. The highest BCUT2D eigenvalue weighted by Crippen LogP contribution is 2.22. The van der Waals surface area contributed by atoms with Crippen LogP contribution in [0.2, 0.25) is 0 Å². The minimum absolute atomic E-state index is 0.0419. The number of pyridine rings is 1. The molecule has 1 amide bonds. The molecule has 1 atom stereocenters. The first-order chi connectivity index (χ1) is 11.5. The molecule has 0 saturated heterocycles. The van der Waals surface area contributed by atoms with Crippen LogP contribution in [0.4, 0.5) is 0 Å². The van der Waals surface area contributed by atoms with Gasteiger partial charge in [-0.25, -0.2) is 0 Å². The highest BCUT2D eigenvalue weighted by molar-refractivity contribution is 5.90. The molecule has 1 unspecified atom stereocenters. The van der Waals surface area contributed by atoms with Gasteiger partial charge in [0.1, 0.15) is 6.10 Å². The minimum atomic E-state index is -0.952. The third-order valence-corrected chi connectivity index (χ3v) is 4.01. The lowest BCUT2D eigenvalue weighted by Gasteiger charge is -2.12. The van der Waals surface area contributed by atoms with Gasteiger partial charge in [-0.15, -0.1) is 0 Å². The Balaban J connectivity index is 1.65. The van der Waals surface area contributed by atoms with Gasteiger partial charge in [-0.3, -0.25) is 9.59 Å². The van der Waals surface area contributed by atoms with E-state index in [1.165, 1.54) is 6.07 Å². The van der Waals surface area contributed by atoms with Crippen molar-refractivity contribution in [1.29, 1.82) is 0 Å². The van der Waals surface area contributed by atoms with Crippen LogP contribution in [0.1, 0.15) is 23.1 Å². The molecular formula is C18H19N3O3. The van der Waals surface area contributed by atoms with Crippen LogP contribution in [0.25, 0.3) is 10.9 Å². The summed E-state index contributed by atoms with van der Waals surface area (Å²) in [7, 11) is 0. The van der Waals surface area contributed by atoms with Crippen LogP contribution in [0.15, 0.2) is 47.3 Å². The van der Waals surface area contributed by atoms with Crippen molar-refractivity contribution in [2.45, 2.75) is 19.4 Å². The van der Waals surface area contributed by atoms with Gasteiger partial charge in [0.05, 0.1) is 6.42 Å². The summed E-state index contributed by atoms with van der Waals surface area (Å²) in [6.07, 6.45) is -0.722. The van der Waals surface area contributed by atoms with E-state index in [4.69, 9.17) is 0 Å². The first-order valence-electron chi connectivity index (χ1n) is 7.75. The number of hydrogen-bond acceptors (Lipinski definition) is 3. The number of carbonyl (C=O) groups is 1. The van der Waals surface area contributed by atoms with Crippen LogP contribution < -0.4 is 10.9 Å². The van der Waals surface area contributed by atoms with Gasteiger partial charge >= 0.3 is 0 Å². The van der Waals surface area contributed by atoms with E-state index in [0.29, 0.717) is 5.69 Å². The maximum atomic E-state index is 12.2. The summed E-state index contributed by atoms with van der Waals surface area (Å²) in [5.41, 5.74) is 3.00. The lowest BCUT2D eigenvalue weighted by Crippen LogP contribution is -2.30. The number of H-pyrrole nitrogens is 2. The third-order valence-electron chi connectivity index (χ3n) is 4.01. The second-order valence-electron chi connectivity index (χ2n) is 5.74. The van der Waals surface area contributed by atoms with Gasteiger partial charge in [-0.05, 0) is 24.6 Å². The van der Waals surface area contributed by atoms with Crippen molar-refractivity contribution in [1.82, 2.24) is 15.3 Å². The zero-order valence-electron chi connectivity index (χ0n) is 13.3. The van der Waals surface area contributed by atoms with Crippen LogP contribution in [-0.2, 0) is 11.2 Å². The summed E-state index contributed by atoms with van der Waals surface area (Å²) < 4.78 is 0. The van der Waals surface area contributed by atoms with Crippen molar-refractivity contribution in [3.8, 4) is 0 Å². The van der Waals surface area contributed by atoms with Crippen molar-refractivity contribution in [3.05, 3.63) is 69.8 Å². The molecule has 24 heavy (non-hydrogen) atoms. The number of carbonyl (C=O) groups excluding carboxylic acids is 1. The van der Waals surface area contributed by atoms with E-state index in [1.54, 1.807) is 12.1 Å². The fourth-order valence-electron chi connectivity index (χ4n) is 2.77. The van der Waals surface area contributed by atoms with E-state index in [2.05, 4.69) is 15.3 Å². The molecule has 0 fully saturated rings. The molecule has 0 bridgehead atoms. The maximum absolute atomic E-state index is 12.2. The Labute approximate surface area is 138 Å². The van der Waals surface area contributed by atoms with Crippen molar-refractivity contribution < 1.29 is 9.90 Å². The number of aromatic nitrogens is 2. The molecule has 0 spiro atoms. The van der Waals surface area contributed by atoms with Crippen LogP contribution in [0, 0.1) is 6.92 Å². The molecule has 4 N–H and O–H groups in total. The molecule has 0 radical (unpaired) electrons. The molecule has 124 valence electrons. The number of aromatic amines is 2. The Morgan fingerprint density at radius 3 is 2.75 bits per heavy atom. The topological polar surface area (TPSA) is 98.0 Å². The SMILES string of the molecule is Cc1[nH]c2ccccc2c1CC(=O)NCC(O)c1cccc(=O)[nH]1. The number of hydrogen-bond donors (Lipinski definition) is 4. The standard InChI is InChI=1S/C18H19N3O3/c1-11-13(12-5-2-3-6-14(12)20-11)9-18(24)19-10-16(22)15-7-4-8-17(23)21-15/h2-8,16,20,22H,9-10H2,1H3,(H,19,24)(H,21,23). The molecule has 2 aromatic heterocycles. The summed E-state index contributed by atoms with van der Waals surface area (Å²) in [6.45, 7) is 1.98. The summed E-state index contributed by atoms with van der Waals surface area (Å²) in [4.78, 5) is 29.3. The average Bonchev–Trinajstić information content (AvgIpc) is 2.88. The monoisotopic (exact) mass is 325 g/mol. The lowest BCUT2D eigenvalue weighted by atomic mass is 10.1. The molecule has 3 rings (SSSR count). The first kappa shape index (κ1) is 16.0. The Morgan fingerprint density at radius 2 is 1.96 bits per heavy atom. The number of benzene rings is 1. The smallest absolute Gasteiger partial charge is 0.248 e. The maximum Gasteiger partial charge on any atom is 0.248 e. The fraction of sp³-hybridized carbons (Fsp3) is 0.222. The molecule has 1 aromatic carbocycles. The second-order valence-corrected chi connectivity index (χ2v) is 5.74. The lowest BCUT2D eigenvalue weighted by molar-refractivity contribution is -0.120. The first-order valence-corrected chi connectivity index (χ1v) is 7.75. The Morgan fingerprint density at radius 1 is 1.17 bits per heavy atom. The van der Waals surface area contributed by atoms with E-state index >= 15 is 0 Å². The third kappa shape index (κ3) is 3.38. The van der Waals surface area contributed by atoms with Gasteiger partial charge in [-0.2, -0.15) is 0 Å². The number of nitrogens with one attached hydrogen (secondary N) is 3. The van der Waals surface area contributed by atoms with E-state index in [-0.39, 0.29) is 24.4 Å². The van der Waals surface area contributed by atoms with E-state index in [9.17, 15) is 14.7 Å². The molecule has 2 heterocycles. The summed E-state index contributed by atoms with van der Waals surface area (Å²) in [5, 5.41) is 13.8. The van der Waals surface area contributed by atoms with Gasteiger partial charge in [-0.1, -0.05) is 24.3 Å². The Bertz CT molecular complexity index is 926. The molecule has 3 aromatic rings. The normalized spacial score (nSPS) is 12.2. The summed E-state index contributed by atoms with van der Waals surface area (Å²) >= 11 is 0. The number of aliphatic hydroxyl groups excluding tert-OH is 1. The number of fused-ring (bicyclic) bond motifs is 1. The van der Waals surface area contributed by atoms with Gasteiger partial charge in [0.2, 0.25) is 11.5 Å². The summed E-state index contributed by atoms with van der Waals surface area (Å²) in [6, 6.07) is 12.4. The van der Waals surface area contributed by atoms with E-state index < -0.39 is 6.10 Å². The summed E-state index contributed by atoms with van der Waals surface area (Å²) in [5.74, 6) is -0.180. The van der Waals surface area contributed by atoms with Crippen molar-refractivity contribution in [3.63, 3.8) is 0 Å². The van der Waals surface area contributed by atoms with Crippen LogP contribution in [-0.4, -0.2) is 27.5 Å². The number of aryl methyl sites for hydroxylation is 1. The zero-order valence-corrected chi connectivity index (χ0v) is 13.3. The number of aliphatic hydroxyl groups is 1. The van der Waals surface area contributed by atoms with Gasteiger partial charge in [0.15, 0.2) is 0 Å². The van der Waals surface area contributed by atoms with Gasteiger partial charge in [0.25, 0.3) is 0 Å². The largest absolute Gasteiger partial charge is 0.385 e. The predicted molar refractivity (Wildman–Crippen MR) is 91.8 cm³/mol. The quantitative estimate of drug-likeness (QED) is 0.573.